The highest BCUT2D eigenvalue weighted by molar-refractivity contribution is 5.98. The Labute approximate surface area is 152 Å². The molecule has 0 aromatic heterocycles. The van der Waals surface area contributed by atoms with Gasteiger partial charge in [-0.2, -0.15) is 0 Å². The number of likely N-dealkylation sites (N-methyl/N-ethyl adjacent to an activating group) is 1. The Morgan fingerprint density at radius 3 is 2.62 bits per heavy atom. The van der Waals surface area contributed by atoms with Gasteiger partial charge in [-0.1, -0.05) is 18.2 Å². The summed E-state index contributed by atoms with van der Waals surface area (Å²) in [5, 5.41) is 2.73. The first-order valence-corrected chi connectivity index (χ1v) is 8.72. The van der Waals surface area contributed by atoms with Crippen molar-refractivity contribution >= 4 is 23.2 Å². The third-order valence-corrected chi connectivity index (χ3v) is 4.83. The van der Waals surface area contributed by atoms with Crippen molar-refractivity contribution in [1.29, 1.82) is 0 Å². The lowest BCUT2D eigenvalue weighted by Crippen LogP contribution is -3.15. The van der Waals surface area contributed by atoms with E-state index in [0.717, 1.165) is 17.0 Å². The molecule has 2 aromatic rings. The van der Waals surface area contributed by atoms with Crippen LogP contribution in [-0.4, -0.2) is 38.0 Å². The number of fused-ring (bicyclic) bond motifs is 1. The van der Waals surface area contributed by atoms with E-state index in [4.69, 9.17) is 0 Å². The van der Waals surface area contributed by atoms with Gasteiger partial charge in [-0.3, -0.25) is 9.59 Å². The van der Waals surface area contributed by atoms with Gasteiger partial charge in [0.05, 0.1) is 7.05 Å². The first-order valence-electron chi connectivity index (χ1n) is 8.72. The van der Waals surface area contributed by atoms with E-state index in [1.807, 2.05) is 38.2 Å². The molecule has 1 aliphatic rings. The number of hydrogen-bond acceptors (Lipinski definition) is 2. The topological polar surface area (TPSA) is 53.9 Å². The Balaban J connectivity index is 1.59. The molecule has 0 spiro atoms. The van der Waals surface area contributed by atoms with Crippen LogP contribution in [0.3, 0.4) is 0 Å². The van der Waals surface area contributed by atoms with Crippen molar-refractivity contribution in [3.05, 3.63) is 59.9 Å². The van der Waals surface area contributed by atoms with Crippen molar-refractivity contribution < 1.29 is 18.9 Å². The van der Waals surface area contributed by atoms with Crippen LogP contribution in [-0.2, 0) is 16.0 Å². The van der Waals surface area contributed by atoms with Gasteiger partial charge in [0.2, 0.25) is 0 Å². The van der Waals surface area contributed by atoms with Gasteiger partial charge in [-0.05, 0) is 49.2 Å². The van der Waals surface area contributed by atoms with Crippen LogP contribution in [0.5, 0.6) is 0 Å². The maximum atomic E-state index is 12.9. The average Bonchev–Trinajstić information content (AvgIpc) is 3.06. The van der Waals surface area contributed by atoms with Crippen molar-refractivity contribution in [2.24, 2.45) is 0 Å². The summed E-state index contributed by atoms with van der Waals surface area (Å²) in [6, 6.07) is 13.2. The van der Waals surface area contributed by atoms with Crippen LogP contribution in [0.2, 0.25) is 0 Å². The molecule has 5 nitrogen and oxygen atoms in total. The fraction of sp³-hybridized carbons (Fsp3) is 0.300. The quantitative estimate of drug-likeness (QED) is 0.847. The van der Waals surface area contributed by atoms with Gasteiger partial charge in [0.15, 0.2) is 12.6 Å². The highest BCUT2D eigenvalue weighted by Gasteiger charge is 2.32. The van der Waals surface area contributed by atoms with E-state index in [9.17, 15) is 14.0 Å². The van der Waals surface area contributed by atoms with E-state index in [-0.39, 0.29) is 30.2 Å². The largest absolute Gasteiger partial charge is 0.321 e. The highest BCUT2D eigenvalue weighted by Crippen LogP contribution is 2.27. The lowest BCUT2D eigenvalue weighted by molar-refractivity contribution is -0.885. The third-order valence-electron chi connectivity index (χ3n) is 4.83. The Bertz CT molecular complexity index is 807. The molecule has 1 aliphatic heterocycles. The standard InChI is InChI=1S/C20H22FN3O2/c1-14(20(26)24-12-11-15-5-3-4-6-18(15)24)23(2)13-19(25)22-17-9-7-16(21)8-10-17/h3-10,14H,11-13H2,1-2H3,(H,22,25)/p+1/t14-/m0/s1. The van der Waals surface area contributed by atoms with E-state index < -0.39 is 0 Å². The third kappa shape index (κ3) is 3.91. The summed E-state index contributed by atoms with van der Waals surface area (Å²) in [5.41, 5.74) is 2.68. The van der Waals surface area contributed by atoms with E-state index in [1.165, 1.54) is 29.8 Å². The summed E-state index contributed by atoms with van der Waals surface area (Å²) in [6.07, 6.45) is 0.860. The molecule has 0 radical (unpaired) electrons. The molecule has 26 heavy (non-hydrogen) atoms. The summed E-state index contributed by atoms with van der Waals surface area (Å²) in [7, 11) is 1.83. The number of halogens is 1. The van der Waals surface area contributed by atoms with Gasteiger partial charge >= 0.3 is 0 Å². The van der Waals surface area contributed by atoms with Crippen LogP contribution < -0.4 is 15.1 Å². The van der Waals surface area contributed by atoms with Crippen LogP contribution in [0.15, 0.2) is 48.5 Å². The van der Waals surface area contributed by atoms with Crippen molar-refractivity contribution in [3.63, 3.8) is 0 Å². The minimum Gasteiger partial charge on any atom is -0.321 e. The maximum absolute atomic E-state index is 12.9. The predicted octanol–water partition coefficient (Wildman–Crippen LogP) is 1.26. The number of nitrogens with zero attached hydrogens (tertiary/aromatic N) is 1. The fourth-order valence-electron chi connectivity index (χ4n) is 3.16. The molecular formula is C20H23FN3O2+. The second-order valence-corrected chi connectivity index (χ2v) is 6.67. The number of anilines is 2. The molecule has 1 heterocycles. The van der Waals surface area contributed by atoms with Gasteiger partial charge in [-0.25, -0.2) is 4.39 Å². The summed E-state index contributed by atoms with van der Waals surface area (Å²) in [4.78, 5) is 27.7. The lowest BCUT2D eigenvalue weighted by Gasteiger charge is -2.25. The van der Waals surface area contributed by atoms with Crippen LogP contribution in [0.4, 0.5) is 15.8 Å². The molecule has 136 valence electrons. The van der Waals surface area contributed by atoms with E-state index >= 15 is 0 Å². The molecule has 6 heteroatoms. The van der Waals surface area contributed by atoms with Crippen LogP contribution >= 0.6 is 0 Å². The van der Waals surface area contributed by atoms with E-state index in [1.54, 1.807) is 4.90 Å². The van der Waals surface area contributed by atoms with Crippen LogP contribution in [0.25, 0.3) is 0 Å². The molecule has 0 saturated heterocycles. The van der Waals surface area contributed by atoms with E-state index in [0.29, 0.717) is 12.2 Å². The number of rotatable bonds is 5. The number of para-hydroxylation sites is 1. The second kappa shape index (κ2) is 7.66. The normalized spacial score (nSPS) is 15.3. The Kier molecular flexibility index (Phi) is 5.32. The molecule has 0 bridgehead atoms. The van der Waals surface area contributed by atoms with Crippen molar-refractivity contribution in [3.8, 4) is 0 Å². The minimum atomic E-state index is -0.351. The van der Waals surface area contributed by atoms with Gasteiger partial charge in [0.25, 0.3) is 11.8 Å². The van der Waals surface area contributed by atoms with Gasteiger partial charge in [0.1, 0.15) is 5.82 Å². The summed E-state index contributed by atoms with van der Waals surface area (Å²) < 4.78 is 12.9. The minimum absolute atomic E-state index is 0.0158. The Morgan fingerprint density at radius 1 is 1.19 bits per heavy atom. The highest BCUT2D eigenvalue weighted by atomic mass is 19.1. The van der Waals surface area contributed by atoms with Gasteiger partial charge < -0.3 is 15.1 Å². The molecule has 2 amide bonds. The number of nitrogens with one attached hydrogen (secondary N) is 2. The molecule has 2 atom stereocenters. The zero-order valence-electron chi connectivity index (χ0n) is 15.0. The number of amides is 2. The zero-order chi connectivity index (χ0) is 18.7. The summed E-state index contributed by atoms with van der Waals surface area (Å²) >= 11 is 0. The first-order chi connectivity index (χ1) is 12.5. The number of quaternary nitrogens is 1. The number of carbonyl (C=O) groups excluding carboxylic acids is 2. The van der Waals surface area contributed by atoms with Crippen LogP contribution in [0.1, 0.15) is 12.5 Å². The first kappa shape index (κ1) is 18.1. The molecular weight excluding hydrogens is 333 g/mol. The molecule has 0 aliphatic carbocycles. The number of hydrogen-bond donors (Lipinski definition) is 2. The summed E-state index contributed by atoms with van der Waals surface area (Å²) in [5.74, 6) is -0.548. The monoisotopic (exact) mass is 356 g/mol. The Hall–Kier alpha value is -2.73. The molecule has 1 unspecified atom stereocenters. The molecule has 0 saturated carbocycles. The van der Waals surface area contributed by atoms with Gasteiger partial charge in [-0.15, -0.1) is 0 Å². The lowest BCUT2D eigenvalue weighted by atomic mass is 10.2. The van der Waals surface area contributed by atoms with Crippen molar-refractivity contribution in [1.82, 2.24) is 0 Å². The predicted molar refractivity (Wildman–Crippen MR) is 98.7 cm³/mol. The van der Waals surface area contributed by atoms with E-state index in [2.05, 4.69) is 5.32 Å². The average molecular weight is 356 g/mol. The zero-order valence-corrected chi connectivity index (χ0v) is 15.0. The Morgan fingerprint density at radius 2 is 1.88 bits per heavy atom. The molecule has 3 rings (SSSR count). The summed E-state index contributed by atoms with van der Waals surface area (Å²) in [6.45, 7) is 2.67. The van der Waals surface area contributed by atoms with Crippen molar-refractivity contribution in [2.45, 2.75) is 19.4 Å². The van der Waals surface area contributed by atoms with Gasteiger partial charge in [0, 0.05) is 17.9 Å². The number of benzene rings is 2. The molecule has 2 aromatic carbocycles. The van der Waals surface area contributed by atoms with Crippen LogP contribution in [0, 0.1) is 5.82 Å². The molecule has 2 N–H and O–H groups in total. The fourth-order valence-corrected chi connectivity index (χ4v) is 3.16. The SMILES string of the molecule is C[C@@H](C(=O)N1CCc2ccccc21)[NH+](C)CC(=O)Nc1ccc(F)cc1. The van der Waals surface area contributed by atoms with Crippen molar-refractivity contribution in [2.75, 3.05) is 30.4 Å². The second-order valence-electron chi connectivity index (χ2n) is 6.67. The molecule has 0 fully saturated rings. The smallest absolute Gasteiger partial charge is 0.284 e. The maximum Gasteiger partial charge on any atom is 0.284 e. The number of carbonyl (C=O) groups is 2.